The number of hydrogen-bond donors (Lipinski definition) is 1. The Labute approximate surface area is 105 Å². The van der Waals surface area contributed by atoms with Crippen molar-refractivity contribution >= 4 is 11.8 Å². The molecule has 1 unspecified atom stereocenters. The Balaban J connectivity index is 2.35. The van der Waals surface area contributed by atoms with Gasteiger partial charge in [0, 0.05) is 6.04 Å². The van der Waals surface area contributed by atoms with Gasteiger partial charge in [-0.1, -0.05) is 25.6 Å². The van der Waals surface area contributed by atoms with Crippen LogP contribution >= 0.6 is 11.8 Å². The normalized spacial score (nSPS) is 13.6. The van der Waals surface area contributed by atoms with Crippen molar-refractivity contribution in [2.75, 3.05) is 0 Å². The molecule has 1 aromatic rings. The molecule has 0 radical (unpaired) electrons. The minimum Gasteiger partial charge on any atom is -0.464 e. The highest BCUT2D eigenvalue weighted by atomic mass is 32.2. The maximum absolute atomic E-state index is 12.0. The Morgan fingerprint density at radius 1 is 1.24 bits per heavy atom. The van der Waals surface area contributed by atoms with Gasteiger partial charge in [-0.05, 0) is 25.0 Å². The first kappa shape index (κ1) is 14.5. The van der Waals surface area contributed by atoms with Gasteiger partial charge in [0.2, 0.25) is 0 Å². The molecule has 0 spiro atoms. The molecule has 0 saturated carbocycles. The van der Waals surface area contributed by atoms with Crippen LogP contribution in [0.2, 0.25) is 0 Å². The molecule has 0 amide bonds. The fourth-order valence-electron chi connectivity index (χ4n) is 1.24. The van der Waals surface area contributed by atoms with Gasteiger partial charge < -0.3 is 9.73 Å². The van der Waals surface area contributed by atoms with E-state index >= 15 is 0 Å². The lowest BCUT2D eigenvalue weighted by Gasteiger charge is -2.16. The van der Waals surface area contributed by atoms with E-state index in [4.69, 9.17) is 4.42 Å². The summed E-state index contributed by atoms with van der Waals surface area (Å²) in [6.07, 6.45) is 0. The fourth-order valence-corrected chi connectivity index (χ4v) is 1.68. The standard InChI is InChI=1S/C12H19F2NOS/c1-8(2)9(3)15-6-10-4-5-11(16-10)7-17-12(13)14/h4-5,8-9,12,15H,6-7H2,1-3H3. The summed E-state index contributed by atoms with van der Waals surface area (Å²) in [6, 6.07) is 3.99. The largest absolute Gasteiger partial charge is 0.464 e. The average molecular weight is 263 g/mol. The molecule has 1 rings (SSSR count). The molecule has 0 aliphatic rings. The first-order chi connectivity index (χ1) is 7.99. The van der Waals surface area contributed by atoms with Crippen LogP contribution < -0.4 is 5.32 Å². The third-order valence-corrected chi connectivity index (χ3v) is 3.37. The molecule has 0 bridgehead atoms. The maximum atomic E-state index is 12.0. The highest BCUT2D eigenvalue weighted by Gasteiger charge is 2.09. The Hall–Kier alpha value is -0.550. The summed E-state index contributed by atoms with van der Waals surface area (Å²) in [6.45, 7) is 7.04. The van der Waals surface area contributed by atoms with Crippen LogP contribution in [0.1, 0.15) is 32.3 Å². The van der Waals surface area contributed by atoms with Gasteiger partial charge in [0.25, 0.3) is 5.76 Å². The second-order valence-electron chi connectivity index (χ2n) is 4.35. The lowest BCUT2D eigenvalue weighted by Crippen LogP contribution is -2.29. The van der Waals surface area contributed by atoms with E-state index in [9.17, 15) is 8.78 Å². The fraction of sp³-hybridized carbons (Fsp3) is 0.667. The Morgan fingerprint density at radius 2 is 1.88 bits per heavy atom. The Morgan fingerprint density at radius 3 is 2.47 bits per heavy atom. The number of thioether (sulfide) groups is 1. The van der Waals surface area contributed by atoms with Crippen molar-refractivity contribution in [2.24, 2.45) is 5.92 Å². The summed E-state index contributed by atoms with van der Waals surface area (Å²) >= 11 is 0.579. The minimum absolute atomic E-state index is 0.220. The molecular weight excluding hydrogens is 244 g/mol. The molecule has 0 aliphatic heterocycles. The number of furan rings is 1. The van der Waals surface area contributed by atoms with E-state index in [1.165, 1.54) is 0 Å². The molecule has 2 nitrogen and oxygen atoms in total. The molecule has 0 fully saturated rings. The molecule has 17 heavy (non-hydrogen) atoms. The third-order valence-electron chi connectivity index (χ3n) is 2.67. The molecule has 1 N–H and O–H groups in total. The van der Waals surface area contributed by atoms with Crippen molar-refractivity contribution in [3.8, 4) is 0 Å². The monoisotopic (exact) mass is 263 g/mol. The van der Waals surface area contributed by atoms with E-state index < -0.39 is 5.76 Å². The molecule has 0 saturated heterocycles. The second kappa shape index (κ2) is 7.01. The SMILES string of the molecule is CC(C)C(C)NCc1ccc(CSC(F)F)o1. The zero-order valence-electron chi connectivity index (χ0n) is 10.4. The molecule has 1 aromatic heterocycles. The molecule has 98 valence electrons. The highest BCUT2D eigenvalue weighted by molar-refractivity contribution is 7.98. The quantitative estimate of drug-likeness (QED) is 0.808. The second-order valence-corrected chi connectivity index (χ2v) is 5.33. The van der Waals surface area contributed by atoms with Gasteiger partial charge in [0.05, 0.1) is 12.3 Å². The first-order valence-corrected chi connectivity index (χ1v) is 6.74. The van der Waals surface area contributed by atoms with Gasteiger partial charge in [0.15, 0.2) is 0 Å². The lowest BCUT2D eigenvalue weighted by molar-refractivity contribution is 0.251. The van der Waals surface area contributed by atoms with Crippen LogP contribution in [0.5, 0.6) is 0 Å². The van der Waals surface area contributed by atoms with Crippen LogP contribution in [-0.4, -0.2) is 11.8 Å². The predicted molar refractivity (Wildman–Crippen MR) is 67.1 cm³/mol. The summed E-state index contributed by atoms with van der Waals surface area (Å²) in [5, 5.41) is 3.33. The van der Waals surface area contributed by atoms with E-state index in [1.807, 2.05) is 6.07 Å². The Kier molecular flexibility index (Phi) is 5.98. The predicted octanol–water partition coefficient (Wildman–Crippen LogP) is 3.87. The summed E-state index contributed by atoms with van der Waals surface area (Å²) in [5.41, 5.74) is 0. The van der Waals surface area contributed by atoms with Crippen molar-refractivity contribution in [1.82, 2.24) is 5.32 Å². The highest BCUT2D eigenvalue weighted by Crippen LogP contribution is 2.21. The van der Waals surface area contributed by atoms with E-state index in [-0.39, 0.29) is 5.75 Å². The average Bonchev–Trinajstić information content (AvgIpc) is 2.70. The van der Waals surface area contributed by atoms with Crippen molar-refractivity contribution in [2.45, 2.75) is 44.9 Å². The first-order valence-electron chi connectivity index (χ1n) is 5.69. The van der Waals surface area contributed by atoms with Crippen LogP contribution in [0.4, 0.5) is 8.78 Å². The van der Waals surface area contributed by atoms with E-state index in [2.05, 4.69) is 26.1 Å². The van der Waals surface area contributed by atoms with Gasteiger partial charge in [-0.3, -0.25) is 0 Å². The summed E-state index contributed by atoms with van der Waals surface area (Å²) in [5.74, 6) is -0.176. The molecule has 5 heteroatoms. The number of alkyl halides is 2. The Bertz CT molecular complexity index is 328. The van der Waals surface area contributed by atoms with Gasteiger partial charge in [-0.15, -0.1) is 0 Å². The lowest BCUT2D eigenvalue weighted by atomic mass is 10.1. The van der Waals surface area contributed by atoms with Crippen molar-refractivity contribution in [1.29, 1.82) is 0 Å². The van der Waals surface area contributed by atoms with E-state index in [0.717, 1.165) is 5.76 Å². The third kappa shape index (κ3) is 5.55. The summed E-state index contributed by atoms with van der Waals surface area (Å²) in [7, 11) is 0. The van der Waals surface area contributed by atoms with Crippen LogP contribution in [0.3, 0.4) is 0 Å². The van der Waals surface area contributed by atoms with Crippen molar-refractivity contribution in [3.63, 3.8) is 0 Å². The summed E-state index contributed by atoms with van der Waals surface area (Å²) in [4.78, 5) is 0. The number of rotatable bonds is 7. The topological polar surface area (TPSA) is 25.2 Å². The van der Waals surface area contributed by atoms with Crippen molar-refractivity contribution < 1.29 is 13.2 Å². The number of halogens is 2. The van der Waals surface area contributed by atoms with Gasteiger partial charge in [0.1, 0.15) is 11.5 Å². The van der Waals surface area contributed by atoms with Crippen LogP contribution in [-0.2, 0) is 12.3 Å². The van der Waals surface area contributed by atoms with Crippen LogP contribution in [0, 0.1) is 5.92 Å². The van der Waals surface area contributed by atoms with Crippen LogP contribution in [0.25, 0.3) is 0 Å². The summed E-state index contributed by atoms with van der Waals surface area (Å²) < 4.78 is 29.4. The molecular formula is C12H19F2NOS. The van der Waals surface area contributed by atoms with E-state index in [1.54, 1.807) is 6.07 Å². The van der Waals surface area contributed by atoms with Gasteiger partial charge in [-0.2, -0.15) is 8.78 Å². The molecule has 0 aliphatic carbocycles. The number of nitrogens with one attached hydrogen (secondary N) is 1. The van der Waals surface area contributed by atoms with Gasteiger partial charge >= 0.3 is 0 Å². The number of hydrogen-bond acceptors (Lipinski definition) is 3. The smallest absolute Gasteiger partial charge is 0.284 e. The molecule has 0 aromatic carbocycles. The minimum atomic E-state index is -2.34. The zero-order chi connectivity index (χ0) is 12.8. The molecule has 1 heterocycles. The van der Waals surface area contributed by atoms with Crippen molar-refractivity contribution in [3.05, 3.63) is 23.7 Å². The van der Waals surface area contributed by atoms with E-state index in [0.29, 0.717) is 36.0 Å². The van der Waals surface area contributed by atoms with Gasteiger partial charge in [-0.25, -0.2) is 0 Å². The maximum Gasteiger partial charge on any atom is 0.284 e. The molecule has 1 atom stereocenters. The zero-order valence-corrected chi connectivity index (χ0v) is 11.2. The van der Waals surface area contributed by atoms with Crippen LogP contribution in [0.15, 0.2) is 16.5 Å².